The number of amides is 2. The van der Waals surface area contributed by atoms with Crippen LogP contribution in [0.1, 0.15) is 45.7 Å². The van der Waals surface area contributed by atoms with E-state index in [-0.39, 0.29) is 36.2 Å². The Bertz CT molecular complexity index is 1300. The SMILES string of the molecule is CC(C)CN(CC(O)C(Cc1ccccc1)NC(=O)C(NC(=O)CCl)C(C)(C)C)S(=O)(=O)c1ccc2c(c1)CCO2. The molecule has 3 N–H and O–H groups in total. The topological polar surface area (TPSA) is 125 Å². The Morgan fingerprint density at radius 2 is 1.76 bits per heavy atom. The van der Waals surface area contributed by atoms with E-state index in [1.807, 2.05) is 65.0 Å². The maximum atomic E-state index is 13.8. The number of alkyl halides is 1. The van der Waals surface area contributed by atoms with Crippen LogP contribution in [0.15, 0.2) is 53.4 Å². The van der Waals surface area contributed by atoms with E-state index in [2.05, 4.69) is 10.6 Å². The highest BCUT2D eigenvalue weighted by Crippen LogP contribution is 2.29. The van der Waals surface area contributed by atoms with Crippen molar-refractivity contribution in [2.45, 2.75) is 70.5 Å². The van der Waals surface area contributed by atoms with Gasteiger partial charge in [-0.1, -0.05) is 65.0 Å². The van der Waals surface area contributed by atoms with Crippen LogP contribution in [0.3, 0.4) is 0 Å². The number of carbonyl (C=O) groups excluding carboxylic acids is 2. The lowest BCUT2D eigenvalue weighted by atomic mass is 9.85. The average molecular weight is 608 g/mol. The Morgan fingerprint density at radius 3 is 2.37 bits per heavy atom. The molecule has 0 aliphatic carbocycles. The first-order chi connectivity index (χ1) is 19.2. The first kappa shape index (κ1) is 32.8. The van der Waals surface area contributed by atoms with Gasteiger partial charge in [-0.25, -0.2) is 8.42 Å². The van der Waals surface area contributed by atoms with Crippen LogP contribution in [0.25, 0.3) is 0 Å². The predicted molar refractivity (Wildman–Crippen MR) is 159 cm³/mol. The number of halogens is 1. The number of ether oxygens (including phenoxy) is 1. The number of fused-ring (bicyclic) bond motifs is 1. The molecule has 2 amide bonds. The second-order valence-electron chi connectivity index (χ2n) is 12.0. The van der Waals surface area contributed by atoms with Crippen molar-refractivity contribution in [3.05, 3.63) is 59.7 Å². The summed E-state index contributed by atoms with van der Waals surface area (Å²) < 4.78 is 34.5. The number of aliphatic hydroxyl groups is 1. The number of nitrogens with one attached hydrogen (secondary N) is 2. The van der Waals surface area contributed by atoms with Gasteiger partial charge in [-0.2, -0.15) is 4.31 Å². The fourth-order valence-electron chi connectivity index (χ4n) is 4.78. The van der Waals surface area contributed by atoms with Crippen LogP contribution in [0.5, 0.6) is 5.75 Å². The van der Waals surface area contributed by atoms with Crippen molar-refractivity contribution >= 4 is 33.4 Å². The second-order valence-corrected chi connectivity index (χ2v) is 14.2. The first-order valence-corrected chi connectivity index (χ1v) is 15.8. The van der Waals surface area contributed by atoms with Crippen LogP contribution in [0.2, 0.25) is 0 Å². The van der Waals surface area contributed by atoms with E-state index in [0.29, 0.717) is 18.8 Å². The van der Waals surface area contributed by atoms with E-state index in [9.17, 15) is 23.1 Å². The molecular formula is C30H42ClN3O6S. The van der Waals surface area contributed by atoms with Gasteiger partial charge < -0.3 is 20.5 Å². The molecule has 3 unspecified atom stereocenters. The van der Waals surface area contributed by atoms with Crippen molar-refractivity contribution < 1.29 is 27.9 Å². The molecule has 0 spiro atoms. The Labute approximate surface area is 248 Å². The number of benzene rings is 2. The van der Waals surface area contributed by atoms with Crippen LogP contribution in [-0.4, -0.2) is 73.4 Å². The van der Waals surface area contributed by atoms with Gasteiger partial charge in [0.15, 0.2) is 0 Å². The van der Waals surface area contributed by atoms with Crippen molar-refractivity contribution in [1.29, 1.82) is 0 Å². The highest BCUT2D eigenvalue weighted by molar-refractivity contribution is 7.89. The van der Waals surface area contributed by atoms with E-state index in [1.54, 1.807) is 12.1 Å². The molecule has 0 fully saturated rings. The maximum Gasteiger partial charge on any atom is 0.243 e. The van der Waals surface area contributed by atoms with Crippen molar-refractivity contribution in [3.63, 3.8) is 0 Å². The van der Waals surface area contributed by atoms with E-state index in [1.165, 1.54) is 10.4 Å². The average Bonchev–Trinajstić information content (AvgIpc) is 3.38. The number of nitrogens with zero attached hydrogens (tertiary/aromatic N) is 1. The molecule has 0 radical (unpaired) electrons. The summed E-state index contributed by atoms with van der Waals surface area (Å²) in [5.74, 6) is -0.622. The van der Waals surface area contributed by atoms with Gasteiger partial charge in [0.25, 0.3) is 0 Å². The molecule has 0 bridgehead atoms. The Kier molecular flexibility index (Phi) is 11.2. The van der Waals surface area contributed by atoms with Crippen LogP contribution in [0.4, 0.5) is 0 Å². The zero-order valence-electron chi connectivity index (χ0n) is 24.4. The van der Waals surface area contributed by atoms with Gasteiger partial charge in [-0.15, -0.1) is 11.6 Å². The number of rotatable bonds is 13. The number of sulfonamides is 1. The van der Waals surface area contributed by atoms with Crippen molar-refractivity contribution in [2.24, 2.45) is 11.3 Å². The molecule has 226 valence electrons. The minimum absolute atomic E-state index is 0.0204. The van der Waals surface area contributed by atoms with Gasteiger partial charge in [0.1, 0.15) is 17.7 Å². The molecule has 0 aromatic heterocycles. The minimum Gasteiger partial charge on any atom is -0.493 e. The molecule has 1 aliphatic rings. The molecule has 0 saturated carbocycles. The molecule has 2 aromatic carbocycles. The molecule has 1 aliphatic heterocycles. The van der Waals surface area contributed by atoms with E-state index in [4.69, 9.17) is 16.3 Å². The van der Waals surface area contributed by atoms with Gasteiger partial charge in [-0.3, -0.25) is 9.59 Å². The van der Waals surface area contributed by atoms with Crippen LogP contribution in [-0.2, 0) is 32.5 Å². The summed E-state index contributed by atoms with van der Waals surface area (Å²) in [6.45, 7) is 9.70. The Morgan fingerprint density at radius 1 is 1.07 bits per heavy atom. The molecule has 3 atom stereocenters. The monoisotopic (exact) mass is 607 g/mol. The van der Waals surface area contributed by atoms with Crippen LogP contribution < -0.4 is 15.4 Å². The Hall–Kier alpha value is -2.66. The van der Waals surface area contributed by atoms with E-state index in [0.717, 1.165) is 11.1 Å². The summed E-state index contributed by atoms with van der Waals surface area (Å²) in [7, 11) is -3.97. The molecule has 0 saturated heterocycles. The van der Waals surface area contributed by atoms with Crippen molar-refractivity contribution in [3.8, 4) is 5.75 Å². The third-order valence-corrected chi connectivity index (χ3v) is 8.97. The van der Waals surface area contributed by atoms with Gasteiger partial charge in [0.05, 0.1) is 23.6 Å². The third kappa shape index (κ3) is 8.91. The number of hydrogen-bond acceptors (Lipinski definition) is 6. The summed E-state index contributed by atoms with van der Waals surface area (Å²) in [6.07, 6.45) is -0.374. The largest absolute Gasteiger partial charge is 0.493 e. The van der Waals surface area contributed by atoms with Crippen LogP contribution in [0, 0.1) is 11.3 Å². The zero-order chi connectivity index (χ0) is 30.4. The van der Waals surface area contributed by atoms with Gasteiger partial charge in [-0.05, 0) is 47.1 Å². The standard InChI is InChI=1S/C30H42ClN3O6S/c1-20(2)18-34(41(38,39)23-11-12-26-22(16-23)13-14-40-26)19-25(35)24(15-21-9-7-6-8-10-21)32-29(37)28(30(3,4)5)33-27(36)17-31/h6-12,16,20,24-25,28,35H,13-15,17-19H2,1-5H3,(H,32,37)(H,33,36). The van der Waals surface area contributed by atoms with Crippen LogP contribution >= 0.6 is 11.6 Å². The Balaban J connectivity index is 1.91. The lowest BCUT2D eigenvalue weighted by molar-refractivity contribution is -0.131. The quantitative estimate of drug-likeness (QED) is 0.301. The summed E-state index contributed by atoms with van der Waals surface area (Å²) in [4.78, 5) is 25.7. The van der Waals surface area contributed by atoms with Gasteiger partial charge >= 0.3 is 0 Å². The summed E-state index contributed by atoms with van der Waals surface area (Å²) in [5.41, 5.74) is 1.03. The fraction of sp³-hybridized carbons (Fsp3) is 0.533. The summed E-state index contributed by atoms with van der Waals surface area (Å²) in [5, 5.41) is 17.1. The summed E-state index contributed by atoms with van der Waals surface area (Å²) in [6, 6.07) is 12.4. The first-order valence-electron chi connectivity index (χ1n) is 13.9. The summed E-state index contributed by atoms with van der Waals surface area (Å²) >= 11 is 5.68. The lowest BCUT2D eigenvalue weighted by Gasteiger charge is -2.34. The molecule has 1 heterocycles. The minimum atomic E-state index is -3.97. The molecule has 2 aromatic rings. The van der Waals surface area contributed by atoms with Crippen molar-refractivity contribution in [2.75, 3.05) is 25.6 Å². The number of carbonyl (C=O) groups is 2. The fourth-order valence-corrected chi connectivity index (χ4v) is 6.53. The number of hydrogen-bond donors (Lipinski definition) is 3. The number of aliphatic hydroxyl groups excluding tert-OH is 1. The highest BCUT2D eigenvalue weighted by atomic mass is 35.5. The smallest absolute Gasteiger partial charge is 0.243 e. The molecule has 9 nitrogen and oxygen atoms in total. The van der Waals surface area contributed by atoms with Gasteiger partial charge in [0.2, 0.25) is 21.8 Å². The normalized spacial score (nSPS) is 15.6. The molecule has 41 heavy (non-hydrogen) atoms. The van der Waals surface area contributed by atoms with E-state index < -0.39 is 45.4 Å². The maximum absolute atomic E-state index is 13.8. The van der Waals surface area contributed by atoms with E-state index >= 15 is 0 Å². The molecular weight excluding hydrogens is 566 g/mol. The van der Waals surface area contributed by atoms with Gasteiger partial charge in [0, 0.05) is 19.5 Å². The third-order valence-electron chi connectivity index (χ3n) is 6.90. The van der Waals surface area contributed by atoms with Crippen molar-refractivity contribution in [1.82, 2.24) is 14.9 Å². The highest BCUT2D eigenvalue weighted by Gasteiger charge is 2.36. The predicted octanol–water partition coefficient (Wildman–Crippen LogP) is 3.13. The lowest BCUT2D eigenvalue weighted by Crippen LogP contribution is -2.59. The molecule has 11 heteroatoms. The zero-order valence-corrected chi connectivity index (χ0v) is 26.0. The second kappa shape index (κ2) is 14.0. The molecule has 3 rings (SSSR count).